The van der Waals surface area contributed by atoms with E-state index in [2.05, 4.69) is 35.4 Å². The number of anilines is 1. The predicted molar refractivity (Wildman–Crippen MR) is 155 cm³/mol. The minimum atomic E-state index is -4.58. The average Bonchev–Trinajstić information content (AvgIpc) is 3.72. The van der Waals surface area contributed by atoms with Gasteiger partial charge in [0.05, 0.1) is 42.5 Å². The van der Waals surface area contributed by atoms with Crippen LogP contribution in [0.1, 0.15) is 43.1 Å². The number of rotatable bonds is 9. The summed E-state index contributed by atoms with van der Waals surface area (Å²) in [7, 11) is -1.55. The van der Waals surface area contributed by atoms with E-state index < -0.39 is 56.2 Å². The molecule has 11 nitrogen and oxygen atoms in total. The van der Waals surface area contributed by atoms with Crippen molar-refractivity contribution in [1.82, 2.24) is 25.5 Å². The van der Waals surface area contributed by atoms with Crippen LogP contribution in [-0.4, -0.2) is 49.9 Å². The maximum atomic E-state index is 16.2. The van der Waals surface area contributed by atoms with Gasteiger partial charge in [-0.25, -0.2) is 36.4 Å². The lowest BCUT2D eigenvalue weighted by molar-refractivity contribution is 0.167. The third kappa shape index (κ3) is 7.01. The molecule has 1 aromatic heterocycles. The van der Waals surface area contributed by atoms with Crippen molar-refractivity contribution < 1.29 is 31.1 Å². The predicted octanol–water partition coefficient (Wildman–Crippen LogP) is 3.65. The Morgan fingerprint density at radius 2 is 1.84 bits per heavy atom. The zero-order chi connectivity index (χ0) is 31.8. The van der Waals surface area contributed by atoms with Gasteiger partial charge in [0.15, 0.2) is 5.82 Å². The number of nitrogens with zero attached hydrogens (tertiary/aromatic N) is 3. The van der Waals surface area contributed by atoms with E-state index in [-0.39, 0.29) is 29.3 Å². The summed E-state index contributed by atoms with van der Waals surface area (Å²) in [5.41, 5.74) is 0.658. The number of aromatic nitrogens is 2. The van der Waals surface area contributed by atoms with Gasteiger partial charge in [0.1, 0.15) is 11.6 Å². The highest BCUT2D eigenvalue weighted by atomic mass is 35.5. The molecule has 2 aromatic carbocycles. The number of alkyl carbamates (subject to hydrolysis) is 1. The molecule has 1 saturated carbocycles. The monoisotopic (exact) mass is 653 g/mol. The first-order valence-corrected chi connectivity index (χ1v) is 15.6. The number of sulfonamides is 1. The van der Waals surface area contributed by atoms with E-state index in [9.17, 15) is 22.0 Å². The van der Waals surface area contributed by atoms with E-state index >= 15 is 4.39 Å². The van der Waals surface area contributed by atoms with Crippen LogP contribution >= 0.6 is 11.6 Å². The van der Waals surface area contributed by atoms with E-state index in [4.69, 9.17) is 11.6 Å². The molecule has 3 aromatic rings. The first-order valence-electron chi connectivity index (χ1n) is 13.7. The Labute approximate surface area is 256 Å². The van der Waals surface area contributed by atoms with Gasteiger partial charge in [-0.15, -0.1) is 0 Å². The number of halogens is 4. The summed E-state index contributed by atoms with van der Waals surface area (Å²) in [5.74, 6) is -2.79. The molecule has 4 atom stereocenters. The van der Waals surface area contributed by atoms with E-state index in [1.807, 2.05) is 0 Å². The van der Waals surface area contributed by atoms with Gasteiger partial charge in [0, 0.05) is 41.6 Å². The number of carbonyl (C=O) groups is 1. The lowest BCUT2D eigenvalue weighted by Crippen LogP contribution is -2.36. The Morgan fingerprint density at radius 1 is 1.16 bits per heavy atom. The Kier molecular flexibility index (Phi) is 9.20. The molecule has 5 rings (SSSR count). The minimum Gasteiger partial charge on any atom is -0.453 e. The van der Waals surface area contributed by atoms with Crippen LogP contribution < -0.4 is 26.3 Å². The van der Waals surface area contributed by atoms with E-state index in [0.29, 0.717) is 35.4 Å². The normalized spacial score (nSPS) is 21.2. The summed E-state index contributed by atoms with van der Waals surface area (Å²) in [6.45, 7) is 1.98. The van der Waals surface area contributed by atoms with Crippen LogP contribution in [0.4, 0.5) is 23.7 Å². The molecule has 44 heavy (non-hydrogen) atoms. The molecule has 1 aliphatic carbocycles. The van der Waals surface area contributed by atoms with Gasteiger partial charge < -0.3 is 14.6 Å². The number of ether oxygens (including phenoxy) is 1. The number of nitrogens with one attached hydrogen (secondary N) is 4. The molecule has 2 aliphatic rings. The first kappa shape index (κ1) is 31.8. The molecule has 0 spiro atoms. The molecule has 2 heterocycles. The number of benzene rings is 2. The van der Waals surface area contributed by atoms with E-state index in [0.717, 1.165) is 18.9 Å². The second-order valence-electron chi connectivity index (χ2n) is 10.8. The lowest BCUT2D eigenvalue weighted by atomic mass is 9.97. The number of hydrogen-bond acceptors (Lipinski definition) is 8. The van der Waals surface area contributed by atoms with Crippen molar-refractivity contribution in [3.63, 3.8) is 0 Å². The van der Waals surface area contributed by atoms with Crippen molar-refractivity contribution in [1.29, 1.82) is 0 Å². The Hall–Kier alpha value is -3.66. The van der Waals surface area contributed by atoms with Crippen LogP contribution in [0.5, 0.6) is 0 Å². The van der Waals surface area contributed by atoms with Crippen molar-refractivity contribution in [2.75, 3.05) is 18.4 Å². The van der Waals surface area contributed by atoms with Crippen LogP contribution in [-0.2, 0) is 21.8 Å². The largest absolute Gasteiger partial charge is 0.453 e. The van der Waals surface area contributed by atoms with Crippen molar-refractivity contribution in [3.8, 4) is 0 Å². The van der Waals surface area contributed by atoms with Gasteiger partial charge in [0.25, 0.3) is 10.0 Å². The van der Waals surface area contributed by atoms with Crippen LogP contribution in [0.25, 0.3) is 0 Å². The van der Waals surface area contributed by atoms with Crippen LogP contribution in [0.3, 0.4) is 0 Å². The molecule has 2 fully saturated rings. The maximum Gasteiger partial charge on any atom is 0.407 e. The van der Waals surface area contributed by atoms with E-state index in [1.165, 1.54) is 13.2 Å². The quantitative estimate of drug-likeness (QED) is 0.277. The molecule has 1 aliphatic heterocycles. The van der Waals surface area contributed by atoms with Gasteiger partial charge in [0.2, 0.25) is 5.62 Å². The fourth-order valence-corrected chi connectivity index (χ4v) is 6.45. The maximum absolute atomic E-state index is 16.2. The fraction of sp³-hybridized carbons (Fsp3) is 0.393. The molecular weight excluding hydrogens is 623 g/mol. The summed E-state index contributed by atoms with van der Waals surface area (Å²) >= 11 is 6.37. The van der Waals surface area contributed by atoms with Crippen molar-refractivity contribution in [2.45, 2.75) is 49.0 Å². The zero-order valence-electron chi connectivity index (χ0n) is 23.9. The standard InChI is InChI=1S/C28H31ClF3N7O4S/c1-14(35-28(40)43-3)13-34-27-33-7-6-22(39(27)2)25-24(36-26(37-25)15-4-5-15)20-8-16(29)9-21(23(20)32)38-44(41,42)19-11-17(30)10-18(31)12-19/h6-12,14-15,24-26,36-38H,4-5,13H2,1-3H3,(H,35,40). The highest BCUT2D eigenvalue weighted by Gasteiger charge is 2.44. The van der Waals surface area contributed by atoms with Gasteiger partial charge >= 0.3 is 6.09 Å². The smallest absolute Gasteiger partial charge is 0.407 e. The molecule has 236 valence electrons. The average molecular weight is 654 g/mol. The SMILES string of the molecule is COC(=O)NC(C)CN=c1nccc(C2NC(C3CC3)NC2c2cc(Cl)cc(NS(=O)(=O)c3cc(F)cc(F)c3)c2F)n1C. The van der Waals surface area contributed by atoms with Crippen molar-refractivity contribution >= 4 is 33.4 Å². The summed E-state index contributed by atoms with van der Waals surface area (Å²) in [6, 6.07) is 4.49. The zero-order valence-corrected chi connectivity index (χ0v) is 25.5. The number of methoxy groups -OCH3 is 1. The Bertz CT molecular complexity index is 1730. The van der Waals surface area contributed by atoms with Crippen LogP contribution in [0.2, 0.25) is 5.02 Å². The minimum absolute atomic E-state index is 0.0434. The Morgan fingerprint density at radius 3 is 2.50 bits per heavy atom. The first-order chi connectivity index (χ1) is 20.9. The van der Waals surface area contributed by atoms with Crippen LogP contribution in [0, 0.1) is 23.4 Å². The molecule has 16 heteroatoms. The van der Waals surface area contributed by atoms with Gasteiger partial charge in [-0.05, 0) is 56.0 Å². The molecule has 1 saturated heterocycles. The summed E-state index contributed by atoms with van der Waals surface area (Å²) in [6.07, 6.45) is 2.78. The summed E-state index contributed by atoms with van der Waals surface area (Å²) < 4.78 is 78.1. The molecule has 4 N–H and O–H groups in total. The number of hydrogen-bond donors (Lipinski definition) is 4. The van der Waals surface area contributed by atoms with Gasteiger partial charge in [-0.3, -0.25) is 15.4 Å². The van der Waals surface area contributed by atoms with Crippen LogP contribution in [0.15, 0.2) is 52.5 Å². The second-order valence-corrected chi connectivity index (χ2v) is 12.9. The third-order valence-corrected chi connectivity index (χ3v) is 9.00. The summed E-state index contributed by atoms with van der Waals surface area (Å²) in [4.78, 5) is 19.7. The second kappa shape index (κ2) is 12.8. The molecule has 1 amide bonds. The van der Waals surface area contributed by atoms with Crippen molar-refractivity contribution in [3.05, 3.63) is 81.9 Å². The molecular formula is C28H31ClF3N7O4S. The summed E-state index contributed by atoms with van der Waals surface area (Å²) in [5, 5.41) is 9.65. The fourth-order valence-electron chi connectivity index (χ4n) is 5.13. The number of carbonyl (C=O) groups excluding carboxylic acids is 1. The van der Waals surface area contributed by atoms with Gasteiger partial charge in [-0.2, -0.15) is 0 Å². The molecule has 0 bridgehead atoms. The third-order valence-electron chi connectivity index (χ3n) is 7.43. The molecule has 0 radical (unpaired) electrons. The van der Waals surface area contributed by atoms with E-state index in [1.54, 1.807) is 30.8 Å². The van der Waals surface area contributed by atoms with Crippen molar-refractivity contribution in [2.24, 2.45) is 18.0 Å². The molecule has 4 unspecified atom stereocenters. The topological polar surface area (TPSA) is 139 Å². The Balaban J connectivity index is 1.50. The van der Waals surface area contributed by atoms with Gasteiger partial charge in [-0.1, -0.05) is 11.6 Å². The number of amides is 1. The highest BCUT2D eigenvalue weighted by Crippen LogP contribution is 2.43. The highest BCUT2D eigenvalue weighted by molar-refractivity contribution is 7.92. The lowest BCUT2D eigenvalue weighted by Gasteiger charge is -2.24.